The SMILES string of the molecule is Cc1ccsc1C(=O)N1CCC(O)C(N2CCC(C(=O)c3ccc(F)cc3)CC2)C1.OOC#COO. The van der Waals surface area contributed by atoms with Gasteiger partial charge in [0.25, 0.3) is 5.91 Å². The van der Waals surface area contributed by atoms with Crippen molar-refractivity contribution < 1.29 is 39.4 Å². The minimum absolute atomic E-state index is 0.0424. The van der Waals surface area contributed by atoms with Crippen molar-refractivity contribution in [3.63, 3.8) is 0 Å². The van der Waals surface area contributed by atoms with Crippen LogP contribution in [0.2, 0.25) is 0 Å². The topological polar surface area (TPSA) is 120 Å². The van der Waals surface area contributed by atoms with Crippen LogP contribution in [0, 0.1) is 30.9 Å². The van der Waals surface area contributed by atoms with E-state index in [1.165, 1.54) is 35.7 Å². The number of hydrogen-bond donors (Lipinski definition) is 3. The highest BCUT2D eigenvalue weighted by Gasteiger charge is 2.37. The van der Waals surface area contributed by atoms with Crippen molar-refractivity contribution in [2.45, 2.75) is 38.3 Å². The van der Waals surface area contributed by atoms with Gasteiger partial charge in [-0.3, -0.25) is 24.3 Å². The Kier molecular flexibility index (Phi) is 10.2. The van der Waals surface area contributed by atoms with Crippen molar-refractivity contribution in [2.24, 2.45) is 5.92 Å². The summed E-state index contributed by atoms with van der Waals surface area (Å²) in [6.45, 7) is 4.43. The van der Waals surface area contributed by atoms with Gasteiger partial charge in [-0.25, -0.2) is 4.39 Å². The number of piperidine rings is 2. The zero-order valence-electron chi connectivity index (χ0n) is 19.8. The Morgan fingerprint density at radius 1 is 1.03 bits per heavy atom. The average Bonchev–Trinajstić information content (AvgIpc) is 3.33. The van der Waals surface area contributed by atoms with Crippen LogP contribution in [0.4, 0.5) is 4.39 Å². The molecule has 1 aromatic carbocycles. The highest BCUT2D eigenvalue weighted by molar-refractivity contribution is 7.12. The number of nitrogens with zero attached hydrogens (tertiary/aromatic N) is 2. The van der Waals surface area contributed by atoms with Crippen molar-refractivity contribution in [3.05, 3.63) is 57.5 Å². The largest absolute Gasteiger partial charge is 0.391 e. The fourth-order valence-electron chi connectivity index (χ4n) is 4.58. The Morgan fingerprint density at radius 2 is 1.67 bits per heavy atom. The first-order valence-electron chi connectivity index (χ1n) is 11.5. The van der Waals surface area contributed by atoms with Crippen LogP contribution in [0.3, 0.4) is 0 Å². The van der Waals surface area contributed by atoms with Gasteiger partial charge in [-0.05, 0) is 80.6 Å². The number of thiophene rings is 1. The van der Waals surface area contributed by atoms with E-state index in [1.54, 1.807) is 12.1 Å². The van der Waals surface area contributed by atoms with Crippen LogP contribution in [0.25, 0.3) is 0 Å². The number of rotatable bonds is 4. The molecular weight excluding hydrogens is 491 g/mol. The quantitative estimate of drug-likeness (QED) is 0.243. The van der Waals surface area contributed by atoms with Gasteiger partial charge in [0.1, 0.15) is 5.82 Å². The Morgan fingerprint density at radius 3 is 2.22 bits per heavy atom. The van der Waals surface area contributed by atoms with E-state index < -0.39 is 6.10 Å². The molecule has 2 aliphatic heterocycles. The highest BCUT2D eigenvalue weighted by atomic mass is 32.1. The normalized spacial score (nSPS) is 20.4. The number of likely N-dealkylation sites (tertiary alicyclic amines) is 2. The third-order valence-electron chi connectivity index (χ3n) is 6.52. The average molecular weight is 521 g/mol. The van der Waals surface area contributed by atoms with Crippen LogP contribution in [0.1, 0.15) is 44.9 Å². The van der Waals surface area contributed by atoms with E-state index in [1.807, 2.05) is 23.3 Å². The number of amides is 1. The fraction of sp³-hybridized carbons (Fsp3) is 0.440. The van der Waals surface area contributed by atoms with Crippen molar-refractivity contribution in [1.29, 1.82) is 0 Å². The zero-order valence-corrected chi connectivity index (χ0v) is 20.6. The van der Waals surface area contributed by atoms with Gasteiger partial charge in [-0.15, -0.1) is 11.3 Å². The molecule has 2 atom stereocenters. The highest BCUT2D eigenvalue weighted by Crippen LogP contribution is 2.27. The molecule has 11 heteroatoms. The Bertz CT molecular complexity index is 1070. The summed E-state index contributed by atoms with van der Waals surface area (Å²) in [5, 5.41) is 27.2. The maximum atomic E-state index is 13.1. The Hall–Kier alpha value is -3.01. The molecule has 0 saturated carbocycles. The summed E-state index contributed by atoms with van der Waals surface area (Å²) in [6, 6.07) is 7.58. The standard InChI is InChI=1S/C23H27FN2O3S.C2H2O4/c1-15-9-13-30-22(15)23(29)26-12-8-20(27)19(14-26)25-10-6-17(7-11-25)21(28)16-2-4-18(24)5-3-16;3-5-1-2-6-4/h2-5,9,13,17,19-20,27H,6-8,10-12,14H2,1H3;3-4H. The molecule has 0 spiro atoms. The second kappa shape index (κ2) is 13.3. The molecule has 194 valence electrons. The van der Waals surface area contributed by atoms with Crippen LogP contribution < -0.4 is 0 Å². The molecule has 1 aromatic heterocycles. The lowest BCUT2D eigenvalue weighted by molar-refractivity contribution is -0.188. The van der Waals surface area contributed by atoms with Gasteiger partial charge in [0.15, 0.2) is 5.78 Å². The molecule has 2 saturated heterocycles. The minimum atomic E-state index is -0.470. The summed E-state index contributed by atoms with van der Waals surface area (Å²) in [7, 11) is 0. The molecule has 2 aromatic rings. The number of aliphatic hydroxyl groups excluding tert-OH is 1. The third-order valence-corrected chi connectivity index (χ3v) is 7.53. The maximum Gasteiger partial charge on any atom is 0.264 e. The first kappa shape index (κ1) is 27.6. The maximum absolute atomic E-state index is 13.1. The third kappa shape index (κ3) is 7.02. The summed E-state index contributed by atoms with van der Waals surface area (Å²) in [4.78, 5) is 36.7. The summed E-state index contributed by atoms with van der Waals surface area (Å²) >= 11 is 1.46. The monoisotopic (exact) mass is 520 g/mol. The second-order valence-corrected chi connectivity index (χ2v) is 9.59. The van der Waals surface area contributed by atoms with Crippen molar-refractivity contribution in [2.75, 3.05) is 26.2 Å². The summed E-state index contributed by atoms with van der Waals surface area (Å²) < 4.78 is 13.1. The summed E-state index contributed by atoms with van der Waals surface area (Å²) in [5.41, 5.74) is 1.54. The number of Topliss-reactive ketones (excluding diaryl/α,β-unsaturated/α-hetero) is 1. The molecule has 36 heavy (non-hydrogen) atoms. The molecule has 2 unspecified atom stereocenters. The van der Waals surface area contributed by atoms with E-state index in [-0.39, 0.29) is 29.5 Å². The van der Waals surface area contributed by atoms with Crippen molar-refractivity contribution in [3.8, 4) is 12.2 Å². The van der Waals surface area contributed by atoms with Gasteiger partial charge in [0, 0.05) is 24.6 Å². The number of carbonyl (C=O) groups excluding carboxylic acids is 2. The number of hydrogen-bond acceptors (Lipinski definition) is 9. The zero-order chi connectivity index (χ0) is 26.1. The lowest BCUT2D eigenvalue weighted by Crippen LogP contribution is -2.58. The molecular formula is C25H29FN2O7S. The molecule has 3 N–H and O–H groups in total. The molecule has 0 radical (unpaired) electrons. The molecule has 9 nitrogen and oxygen atoms in total. The summed E-state index contributed by atoms with van der Waals surface area (Å²) in [6.07, 6.45) is 4.57. The van der Waals surface area contributed by atoms with Crippen LogP contribution in [-0.2, 0) is 9.78 Å². The number of halogens is 1. The second-order valence-electron chi connectivity index (χ2n) is 8.68. The van der Waals surface area contributed by atoms with Gasteiger partial charge < -0.3 is 10.0 Å². The lowest BCUT2D eigenvalue weighted by Gasteiger charge is -2.44. The van der Waals surface area contributed by atoms with Crippen LogP contribution in [-0.4, -0.2) is 75.4 Å². The van der Waals surface area contributed by atoms with Gasteiger partial charge in [0.2, 0.25) is 12.2 Å². The molecule has 0 bridgehead atoms. The number of benzene rings is 1. The lowest BCUT2D eigenvalue weighted by atomic mass is 9.87. The van der Waals surface area contributed by atoms with E-state index in [0.717, 1.165) is 10.4 Å². The first-order chi connectivity index (χ1) is 17.3. The predicted molar refractivity (Wildman–Crippen MR) is 130 cm³/mol. The Labute approximate surface area is 212 Å². The number of aryl methyl sites for hydroxylation is 1. The fourth-order valence-corrected chi connectivity index (χ4v) is 5.47. The Balaban J connectivity index is 0.000000538. The van der Waals surface area contributed by atoms with E-state index in [9.17, 15) is 19.1 Å². The van der Waals surface area contributed by atoms with E-state index in [0.29, 0.717) is 51.0 Å². The molecule has 2 aliphatic rings. The van der Waals surface area contributed by atoms with E-state index in [4.69, 9.17) is 10.5 Å². The van der Waals surface area contributed by atoms with Gasteiger partial charge >= 0.3 is 0 Å². The van der Waals surface area contributed by atoms with E-state index >= 15 is 0 Å². The first-order valence-corrected chi connectivity index (χ1v) is 12.4. The molecule has 4 rings (SSSR count). The minimum Gasteiger partial charge on any atom is -0.391 e. The molecule has 1 amide bonds. The van der Waals surface area contributed by atoms with Crippen molar-refractivity contribution >= 4 is 23.0 Å². The molecule has 3 heterocycles. The molecule has 2 fully saturated rings. The van der Waals surface area contributed by atoms with Gasteiger partial charge in [0.05, 0.1) is 17.0 Å². The van der Waals surface area contributed by atoms with Crippen molar-refractivity contribution in [1.82, 2.24) is 9.80 Å². The van der Waals surface area contributed by atoms with Gasteiger partial charge in [-0.1, -0.05) is 0 Å². The van der Waals surface area contributed by atoms with Crippen LogP contribution in [0.15, 0.2) is 35.7 Å². The smallest absolute Gasteiger partial charge is 0.264 e. The van der Waals surface area contributed by atoms with Gasteiger partial charge in [-0.2, -0.15) is 10.5 Å². The van der Waals surface area contributed by atoms with E-state index in [2.05, 4.69) is 14.7 Å². The predicted octanol–water partition coefficient (Wildman–Crippen LogP) is 3.25. The number of ketones is 1. The number of carbonyl (C=O) groups is 2. The number of aliphatic hydroxyl groups is 1. The molecule has 0 aliphatic carbocycles. The van der Waals surface area contributed by atoms with Crippen LogP contribution >= 0.6 is 11.3 Å². The van der Waals surface area contributed by atoms with Crippen LogP contribution in [0.5, 0.6) is 0 Å². The summed E-state index contributed by atoms with van der Waals surface area (Å²) in [5.74, 6) is -0.326.